The summed E-state index contributed by atoms with van der Waals surface area (Å²) in [5.74, 6) is 0.865. The van der Waals surface area contributed by atoms with Crippen LogP contribution in [0.1, 0.15) is 41.9 Å². The number of amides is 3. The maximum absolute atomic E-state index is 12.7. The third kappa shape index (κ3) is 7.81. The van der Waals surface area contributed by atoms with E-state index in [4.69, 9.17) is 15.2 Å². The molecule has 0 spiro atoms. The van der Waals surface area contributed by atoms with Gasteiger partial charge in [0.25, 0.3) is 5.91 Å². The first kappa shape index (κ1) is 27.6. The van der Waals surface area contributed by atoms with Crippen LogP contribution in [0.25, 0.3) is 0 Å². The van der Waals surface area contributed by atoms with Crippen LogP contribution < -0.4 is 31.3 Å². The largest absolute Gasteiger partial charge is 0.491 e. The van der Waals surface area contributed by atoms with E-state index in [9.17, 15) is 9.59 Å². The number of nitrogens with zero attached hydrogens (tertiary/aromatic N) is 3. The monoisotopic (exact) mass is 533 g/mol. The van der Waals surface area contributed by atoms with Gasteiger partial charge in [-0.25, -0.2) is 14.8 Å². The van der Waals surface area contributed by atoms with Crippen LogP contribution in [0.4, 0.5) is 22.1 Å². The zero-order chi connectivity index (χ0) is 27.6. The van der Waals surface area contributed by atoms with E-state index in [1.807, 2.05) is 66.4 Å². The lowest BCUT2D eigenvalue weighted by molar-refractivity contribution is 0.0996. The van der Waals surface area contributed by atoms with Crippen LogP contribution in [0, 0.1) is 0 Å². The van der Waals surface area contributed by atoms with Gasteiger partial charge in [-0.3, -0.25) is 4.79 Å². The summed E-state index contributed by atoms with van der Waals surface area (Å²) in [6.07, 6.45) is 3.25. The second-order valence-corrected chi connectivity index (χ2v) is 9.32. The molecule has 11 nitrogen and oxygen atoms in total. The van der Waals surface area contributed by atoms with Crippen LogP contribution in [0.5, 0.6) is 5.75 Å². The van der Waals surface area contributed by atoms with Gasteiger partial charge in [-0.2, -0.15) is 0 Å². The normalized spacial score (nSPS) is 15.7. The Morgan fingerprint density at radius 1 is 1.13 bits per heavy atom. The number of carbonyl (C=O) groups excluding carboxylic acids is 2. The molecule has 11 heteroatoms. The van der Waals surface area contributed by atoms with E-state index in [0.29, 0.717) is 37.0 Å². The van der Waals surface area contributed by atoms with Crippen molar-refractivity contribution in [3.05, 3.63) is 72.1 Å². The van der Waals surface area contributed by atoms with Crippen molar-refractivity contribution in [2.24, 2.45) is 5.73 Å². The van der Waals surface area contributed by atoms with Gasteiger partial charge in [0.1, 0.15) is 18.2 Å². The van der Waals surface area contributed by atoms with Gasteiger partial charge >= 0.3 is 6.03 Å². The number of carbonyl (C=O) groups is 2. The molecule has 2 aromatic carbocycles. The highest BCUT2D eigenvalue weighted by molar-refractivity contribution is 5.96. The summed E-state index contributed by atoms with van der Waals surface area (Å²) in [4.78, 5) is 35.7. The highest BCUT2D eigenvalue weighted by atomic mass is 16.5. The molecule has 3 amide bonds. The Labute approximate surface area is 228 Å². The van der Waals surface area contributed by atoms with Crippen LogP contribution in [0.15, 0.2) is 60.8 Å². The molecule has 3 aromatic rings. The second kappa shape index (κ2) is 13.4. The fourth-order valence-corrected chi connectivity index (χ4v) is 4.37. The van der Waals surface area contributed by atoms with Crippen molar-refractivity contribution in [3.8, 4) is 5.75 Å². The molecule has 0 aliphatic carbocycles. The first-order valence-electron chi connectivity index (χ1n) is 13.0. The molecule has 1 fully saturated rings. The molecular weight excluding hydrogens is 498 g/mol. The number of rotatable bonds is 11. The molecule has 1 aliphatic rings. The number of methoxy groups -OCH3 is 1. The number of benzene rings is 2. The maximum atomic E-state index is 12.7. The minimum Gasteiger partial charge on any atom is -0.491 e. The second-order valence-electron chi connectivity index (χ2n) is 9.32. The molecule has 2 unspecified atom stereocenters. The fourth-order valence-electron chi connectivity index (χ4n) is 4.37. The highest BCUT2D eigenvalue weighted by Gasteiger charge is 2.24. The van der Waals surface area contributed by atoms with Gasteiger partial charge in [-0.05, 0) is 49.6 Å². The number of hydrogen-bond donors (Lipinski definition) is 4. The predicted octanol–water partition coefficient (Wildman–Crippen LogP) is 3.37. The number of aromatic nitrogens is 2. The molecule has 39 heavy (non-hydrogen) atoms. The molecule has 1 aromatic heterocycles. The van der Waals surface area contributed by atoms with E-state index >= 15 is 0 Å². The Morgan fingerprint density at radius 2 is 1.90 bits per heavy atom. The van der Waals surface area contributed by atoms with Gasteiger partial charge in [0, 0.05) is 31.9 Å². The van der Waals surface area contributed by atoms with E-state index in [1.165, 1.54) is 6.20 Å². The number of piperidine rings is 1. The molecule has 0 radical (unpaired) electrons. The van der Waals surface area contributed by atoms with Crippen LogP contribution in [0.2, 0.25) is 0 Å². The molecular formula is C28H35N7O4. The number of ether oxygens (including phenoxy) is 2. The number of anilines is 3. The van der Waals surface area contributed by atoms with E-state index in [1.54, 1.807) is 7.11 Å². The van der Waals surface area contributed by atoms with Gasteiger partial charge in [-0.15, -0.1) is 0 Å². The Bertz CT molecular complexity index is 1240. The lowest BCUT2D eigenvalue weighted by Gasteiger charge is -2.34. The van der Waals surface area contributed by atoms with E-state index < -0.39 is 5.91 Å². The smallest absolute Gasteiger partial charge is 0.315 e. The maximum Gasteiger partial charge on any atom is 0.315 e. The zero-order valence-electron chi connectivity index (χ0n) is 22.2. The highest BCUT2D eigenvalue weighted by Crippen LogP contribution is 2.25. The molecule has 4 rings (SSSR count). The molecule has 2 heterocycles. The zero-order valence-corrected chi connectivity index (χ0v) is 22.2. The summed E-state index contributed by atoms with van der Waals surface area (Å²) in [5, 5.41) is 9.22. The van der Waals surface area contributed by atoms with Crippen molar-refractivity contribution in [1.82, 2.24) is 20.6 Å². The molecule has 2 atom stereocenters. The minimum atomic E-state index is -0.682. The van der Waals surface area contributed by atoms with Crippen molar-refractivity contribution < 1.29 is 19.1 Å². The van der Waals surface area contributed by atoms with Crippen LogP contribution in [-0.2, 0) is 4.74 Å². The standard InChI is InChI=1S/C28H35N7O4/c1-19(20-7-4-3-5-8-20)31-28(37)33-22-9-6-14-35(18-22)24-17-30-25(26(29)36)27(34-24)32-21-10-12-23(13-11-21)39-16-15-38-2/h3-5,7-8,10-13,17,19,22H,6,9,14-16,18H2,1-2H3,(H2,29,36)(H,32,34)(H2,31,33,37). The molecule has 206 valence electrons. The number of nitrogens with two attached hydrogens (primary N) is 1. The van der Waals surface area contributed by atoms with Crippen molar-refractivity contribution in [3.63, 3.8) is 0 Å². The van der Waals surface area contributed by atoms with E-state index in [-0.39, 0.29) is 29.6 Å². The van der Waals surface area contributed by atoms with Gasteiger partial charge in [0.2, 0.25) is 0 Å². The number of hydrogen-bond acceptors (Lipinski definition) is 8. The Hall–Kier alpha value is -4.38. The first-order valence-corrected chi connectivity index (χ1v) is 13.0. The molecule has 1 saturated heterocycles. The van der Waals surface area contributed by atoms with Crippen LogP contribution in [-0.4, -0.2) is 61.4 Å². The van der Waals surface area contributed by atoms with Gasteiger partial charge in [0.15, 0.2) is 11.5 Å². The third-order valence-corrected chi connectivity index (χ3v) is 6.39. The fraction of sp³-hybridized carbons (Fsp3) is 0.357. The summed E-state index contributed by atoms with van der Waals surface area (Å²) < 4.78 is 10.6. The van der Waals surface area contributed by atoms with Crippen LogP contribution in [0.3, 0.4) is 0 Å². The third-order valence-electron chi connectivity index (χ3n) is 6.39. The average Bonchev–Trinajstić information content (AvgIpc) is 2.94. The van der Waals surface area contributed by atoms with Crippen LogP contribution >= 0.6 is 0 Å². The quantitative estimate of drug-likeness (QED) is 0.275. The van der Waals surface area contributed by atoms with Gasteiger partial charge in [0.05, 0.1) is 18.8 Å². The van der Waals surface area contributed by atoms with E-state index in [0.717, 1.165) is 24.9 Å². The topological polar surface area (TPSA) is 144 Å². The number of urea groups is 1. The summed E-state index contributed by atoms with van der Waals surface area (Å²) >= 11 is 0. The Morgan fingerprint density at radius 3 is 2.62 bits per heavy atom. The molecule has 5 N–H and O–H groups in total. The summed E-state index contributed by atoms with van der Waals surface area (Å²) in [5.41, 5.74) is 7.35. The Balaban J connectivity index is 1.40. The Kier molecular flexibility index (Phi) is 9.52. The summed E-state index contributed by atoms with van der Waals surface area (Å²) in [6.45, 7) is 4.20. The lowest BCUT2D eigenvalue weighted by Crippen LogP contribution is -2.51. The predicted molar refractivity (Wildman–Crippen MR) is 149 cm³/mol. The molecule has 0 bridgehead atoms. The summed E-state index contributed by atoms with van der Waals surface area (Å²) in [6, 6.07) is 16.7. The SMILES string of the molecule is COCCOc1ccc(Nc2nc(N3CCCC(NC(=O)NC(C)c4ccccc4)C3)cnc2C(N)=O)cc1. The van der Waals surface area contributed by atoms with Gasteiger partial charge < -0.3 is 36.1 Å². The summed E-state index contributed by atoms with van der Waals surface area (Å²) in [7, 11) is 1.62. The molecule has 1 aliphatic heterocycles. The van der Waals surface area contributed by atoms with Gasteiger partial charge in [-0.1, -0.05) is 30.3 Å². The van der Waals surface area contributed by atoms with Crippen molar-refractivity contribution in [2.75, 3.05) is 43.6 Å². The number of nitrogens with one attached hydrogen (secondary N) is 3. The lowest BCUT2D eigenvalue weighted by atomic mass is 10.1. The minimum absolute atomic E-state index is 0.0418. The molecule has 0 saturated carbocycles. The average molecular weight is 534 g/mol. The first-order chi connectivity index (χ1) is 18.9. The van der Waals surface area contributed by atoms with E-state index in [2.05, 4.69) is 25.9 Å². The van der Waals surface area contributed by atoms with Crippen molar-refractivity contribution in [2.45, 2.75) is 31.8 Å². The van der Waals surface area contributed by atoms with Crippen molar-refractivity contribution in [1.29, 1.82) is 0 Å². The number of primary amides is 1. The van der Waals surface area contributed by atoms with Crippen molar-refractivity contribution >= 4 is 29.3 Å².